The van der Waals surface area contributed by atoms with Gasteiger partial charge >= 0.3 is 0 Å². The normalized spacial score (nSPS) is 16.2. The molecule has 1 aromatic rings. The molecule has 0 unspecified atom stereocenters. The molecule has 0 bridgehead atoms. The van der Waals surface area contributed by atoms with Crippen LogP contribution in [0, 0.1) is 11.6 Å². The lowest BCUT2D eigenvalue weighted by Crippen LogP contribution is -2.04. The second-order valence-corrected chi connectivity index (χ2v) is 4.96. The van der Waals surface area contributed by atoms with Gasteiger partial charge in [-0.2, -0.15) is 4.39 Å². The summed E-state index contributed by atoms with van der Waals surface area (Å²) in [4.78, 5) is 0. The molecule has 0 aromatic heterocycles. The average molecular weight is 254 g/mol. The largest absolute Gasteiger partial charge is 0.490 e. The lowest BCUT2D eigenvalue weighted by Gasteiger charge is -2.13. The average Bonchev–Trinajstić information content (AvgIpc) is 2.88. The Bertz CT molecular complexity index is 398. The van der Waals surface area contributed by atoms with Gasteiger partial charge in [0.2, 0.25) is 5.82 Å². The standard InChI is InChI=1S/C15H20F2O/c1-2-3-10-18-13-9-8-12(14(16)15(13)17)11-6-4-5-7-11/h8-9,11H,2-7,10H2,1H3. The highest BCUT2D eigenvalue weighted by Gasteiger charge is 2.23. The summed E-state index contributed by atoms with van der Waals surface area (Å²) in [6.07, 6.45) is 5.98. The van der Waals surface area contributed by atoms with Crippen LogP contribution in [0.2, 0.25) is 0 Å². The Hall–Kier alpha value is -1.12. The fourth-order valence-corrected chi connectivity index (χ4v) is 2.54. The number of halogens is 2. The number of hydrogen-bond donors (Lipinski definition) is 0. The number of benzene rings is 1. The Labute approximate surface area is 107 Å². The van der Waals surface area contributed by atoms with Crippen LogP contribution >= 0.6 is 0 Å². The van der Waals surface area contributed by atoms with Crippen molar-refractivity contribution in [1.82, 2.24) is 0 Å². The Balaban J connectivity index is 2.13. The van der Waals surface area contributed by atoms with Crippen molar-refractivity contribution in [2.45, 2.75) is 51.4 Å². The van der Waals surface area contributed by atoms with Crippen LogP contribution in [0.3, 0.4) is 0 Å². The summed E-state index contributed by atoms with van der Waals surface area (Å²) < 4.78 is 33.1. The van der Waals surface area contributed by atoms with Gasteiger partial charge in [0.05, 0.1) is 6.61 Å². The number of unbranched alkanes of at least 4 members (excludes halogenated alkanes) is 1. The molecule has 18 heavy (non-hydrogen) atoms. The monoisotopic (exact) mass is 254 g/mol. The second kappa shape index (κ2) is 6.17. The van der Waals surface area contributed by atoms with E-state index < -0.39 is 11.6 Å². The van der Waals surface area contributed by atoms with E-state index >= 15 is 0 Å². The zero-order chi connectivity index (χ0) is 13.0. The summed E-state index contributed by atoms with van der Waals surface area (Å²) in [6.45, 7) is 2.47. The van der Waals surface area contributed by atoms with E-state index in [0.29, 0.717) is 12.2 Å². The number of rotatable bonds is 5. The molecule has 3 heteroatoms. The molecule has 1 aromatic carbocycles. The lowest BCUT2D eigenvalue weighted by molar-refractivity contribution is 0.288. The minimum atomic E-state index is -0.824. The highest BCUT2D eigenvalue weighted by molar-refractivity contribution is 5.33. The molecule has 0 amide bonds. The van der Waals surface area contributed by atoms with Crippen LogP contribution in [-0.2, 0) is 0 Å². The van der Waals surface area contributed by atoms with Crippen molar-refractivity contribution < 1.29 is 13.5 Å². The van der Waals surface area contributed by atoms with Crippen molar-refractivity contribution in [2.24, 2.45) is 0 Å². The maximum Gasteiger partial charge on any atom is 0.200 e. The van der Waals surface area contributed by atoms with Crippen LogP contribution in [0.25, 0.3) is 0 Å². The SMILES string of the molecule is CCCCOc1ccc(C2CCCC2)c(F)c1F. The Morgan fingerprint density at radius 1 is 1.17 bits per heavy atom. The summed E-state index contributed by atoms with van der Waals surface area (Å²) in [7, 11) is 0. The fraction of sp³-hybridized carbons (Fsp3) is 0.600. The van der Waals surface area contributed by atoms with E-state index in [0.717, 1.165) is 38.5 Å². The van der Waals surface area contributed by atoms with Gasteiger partial charge in [0.15, 0.2) is 11.6 Å². The van der Waals surface area contributed by atoms with Gasteiger partial charge in [-0.3, -0.25) is 0 Å². The number of ether oxygens (including phenoxy) is 1. The van der Waals surface area contributed by atoms with E-state index in [2.05, 4.69) is 0 Å². The molecular formula is C15H20F2O. The van der Waals surface area contributed by atoms with Crippen LogP contribution in [0.4, 0.5) is 8.78 Å². The molecule has 1 aliphatic carbocycles. The minimum absolute atomic E-state index is 0.0442. The molecule has 1 nitrogen and oxygen atoms in total. The van der Waals surface area contributed by atoms with Gasteiger partial charge in [-0.15, -0.1) is 0 Å². The van der Waals surface area contributed by atoms with Gasteiger partial charge in [0, 0.05) is 0 Å². The molecule has 1 aliphatic rings. The van der Waals surface area contributed by atoms with Gasteiger partial charge in [0.25, 0.3) is 0 Å². The molecule has 0 spiro atoms. The molecule has 0 radical (unpaired) electrons. The van der Waals surface area contributed by atoms with E-state index in [9.17, 15) is 8.78 Å². The van der Waals surface area contributed by atoms with Crippen LogP contribution in [-0.4, -0.2) is 6.61 Å². The fourth-order valence-electron chi connectivity index (χ4n) is 2.54. The molecule has 100 valence electrons. The maximum absolute atomic E-state index is 14.0. The van der Waals surface area contributed by atoms with Crippen LogP contribution in [0.1, 0.15) is 56.9 Å². The lowest BCUT2D eigenvalue weighted by atomic mass is 9.97. The molecule has 1 saturated carbocycles. The highest BCUT2D eigenvalue weighted by Crippen LogP contribution is 2.37. The summed E-state index contributed by atoms with van der Waals surface area (Å²) >= 11 is 0. The second-order valence-electron chi connectivity index (χ2n) is 4.96. The first-order valence-corrected chi connectivity index (χ1v) is 6.84. The Morgan fingerprint density at radius 2 is 1.89 bits per heavy atom. The van der Waals surface area contributed by atoms with Crippen molar-refractivity contribution in [3.05, 3.63) is 29.3 Å². The van der Waals surface area contributed by atoms with E-state index in [1.165, 1.54) is 0 Å². The van der Waals surface area contributed by atoms with Crippen molar-refractivity contribution in [3.8, 4) is 5.75 Å². The Kier molecular flexibility index (Phi) is 4.56. The zero-order valence-corrected chi connectivity index (χ0v) is 10.8. The number of hydrogen-bond acceptors (Lipinski definition) is 1. The molecule has 0 N–H and O–H groups in total. The van der Waals surface area contributed by atoms with Gasteiger partial charge < -0.3 is 4.74 Å². The minimum Gasteiger partial charge on any atom is -0.490 e. The van der Waals surface area contributed by atoms with E-state index in [-0.39, 0.29) is 11.7 Å². The van der Waals surface area contributed by atoms with Crippen molar-refractivity contribution in [3.63, 3.8) is 0 Å². The summed E-state index contributed by atoms with van der Waals surface area (Å²) in [5.74, 6) is -1.31. The van der Waals surface area contributed by atoms with Crippen molar-refractivity contribution in [1.29, 1.82) is 0 Å². The Morgan fingerprint density at radius 3 is 2.56 bits per heavy atom. The summed E-state index contributed by atoms with van der Waals surface area (Å²) in [5, 5.41) is 0. The third kappa shape index (κ3) is 2.82. The molecule has 0 saturated heterocycles. The molecule has 0 atom stereocenters. The molecule has 0 heterocycles. The first-order valence-electron chi connectivity index (χ1n) is 6.84. The van der Waals surface area contributed by atoms with Gasteiger partial charge in [0.1, 0.15) is 0 Å². The first kappa shape index (κ1) is 13.3. The van der Waals surface area contributed by atoms with Crippen LogP contribution < -0.4 is 4.74 Å². The predicted molar refractivity (Wildman–Crippen MR) is 68.0 cm³/mol. The molecule has 2 rings (SSSR count). The van der Waals surface area contributed by atoms with Gasteiger partial charge in [-0.25, -0.2) is 4.39 Å². The van der Waals surface area contributed by atoms with Crippen molar-refractivity contribution >= 4 is 0 Å². The molecule has 0 aliphatic heterocycles. The highest BCUT2D eigenvalue weighted by atomic mass is 19.2. The van der Waals surface area contributed by atoms with E-state index in [1.54, 1.807) is 12.1 Å². The maximum atomic E-state index is 14.0. The smallest absolute Gasteiger partial charge is 0.200 e. The third-order valence-electron chi connectivity index (χ3n) is 3.63. The summed E-state index contributed by atoms with van der Waals surface area (Å²) in [5.41, 5.74) is 0.521. The van der Waals surface area contributed by atoms with E-state index in [4.69, 9.17) is 4.74 Å². The van der Waals surface area contributed by atoms with Gasteiger partial charge in [-0.05, 0) is 36.8 Å². The first-order chi connectivity index (χ1) is 8.74. The van der Waals surface area contributed by atoms with Crippen molar-refractivity contribution in [2.75, 3.05) is 6.61 Å². The quantitative estimate of drug-likeness (QED) is 0.686. The van der Waals surface area contributed by atoms with Gasteiger partial charge in [-0.1, -0.05) is 32.3 Å². The van der Waals surface area contributed by atoms with E-state index in [1.807, 2.05) is 6.92 Å². The summed E-state index contributed by atoms with van der Waals surface area (Å²) in [6, 6.07) is 3.26. The molecular weight excluding hydrogens is 234 g/mol. The topological polar surface area (TPSA) is 9.23 Å². The van der Waals surface area contributed by atoms with Crippen LogP contribution in [0.15, 0.2) is 12.1 Å². The predicted octanol–water partition coefficient (Wildman–Crippen LogP) is 4.80. The van der Waals surface area contributed by atoms with Crippen LogP contribution in [0.5, 0.6) is 5.75 Å². The molecule has 1 fully saturated rings. The zero-order valence-electron chi connectivity index (χ0n) is 10.8. The third-order valence-corrected chi connectivity index (χ3v) is 3.63.